The van der Waals surface area contributed by atoms with Gasteiger partial charge in [-0.1, -0.05) is 33.2 Å². The fraction of sp³-hybridized carbons (Fsp3) is 0.533. The van der Waals surface area contributed by atoms with Gasteiger partial charge in [0.25, 0.3) is 0 Å². The van der Waals surface area contributed by atoms with Gasteiger partial charge in [-0.15, -0.1) is 0 Å². The largest absolute Gasteiger partial charge is 0.409 e. The quantitative estimate of drug-likeness (QED) is 0.376. The van der Waals surface area contributed by atoms with Crippen molar-refractivity contribution in [3.8, 4) is 0 Å². The predicted molar refractivity (Wildman–Crippen MR) is 88.5 cm³/mol. The van der Waals surface area contributed by atoms with E-state index in [4.69, 9.17) is 10.9 Å². The minimum atomic E-state index is -0.406. The topological polar surface area (TPSA) is 65.1 Å². The number of hydrogen-bond donors (Lipinski definition) is 2. The number of halogens is 1. The molecule has 0 radical (unpaired) electrons. The Morgan fingerprint density at radius 3 is 2.57 bits per heavy atom. The predicted octanol–water partition coefficient (Wildman–Crippen LogP) is 2.09. The lowest BCUT2D eigenvalue weighted by molar-refractivity contribution is 0.0794. The lowest BCUT2D eigenvalue weighted by Gasteiger charge is -2.43. The van der Waals surface area contributed by atoms with Crippen molar-refractivity contribution < 1.29 is 5.21 Å². The van der Waals surface area contributed by atoms with E-state index in [2.05, 4.69) is 49.1 Å². The molecule has 0 atom stereocenters. The van der Waals surface area contributed by atoms with Crippen LogP contribution in [0.25, 0.3) is 0 Å². The summed E-state index contributed by atoms with van der Waals surface area (Å²) in [4.78, 5) is 4.69. The van der Waals surface area contributed by atoms with Crippen LogP contribution in [0.1, 0.15) is 19.4 Å². The van der Waals surface area contributed by atoms with E-state index in [-0.39, 0.29) is 5.84 Å². The van der Waals surface area contributed by atoms with E-state index in [1.807, 2.05) is 19.9 Å². The zero-order chi connectivity index (χ0) is 15.5. The van der Waals surface area contributed by atoms with E-state index in [1.54, 1.807) is 0 Å². The van der Waals surface area contributed by atoms with Gasteiger partial charge in [-0.05, 0) is 31.5 Å². The van der Waals surface area contributed by atoms with E-state index in [0.717, 1.165) is 37.2 Å². The van der Waals surface area contributed by atoms with Gasteiger partial charge in [0.2, 0.25) is 0 Å². The number of nitrogens with two attached hydrogens (primary N) is 1. The average Bonchev–Trinajstić information content (AvgIpc) is 2.47. The normalized spacial score (nSPS) is 18.9. The first-order valence-electron chi connectivity index (χ1n) is 7.13. The molecule has 1 saturated heterocycles. The molecule has 0 bridgehead atoms. The molecule has 0 aliphatic carbocycles. The van der Waals surface area contributed by atoms with E-state index < -0.39 is 5.54 Å². The minimum Gasteiger partial charge on any atom is -0.409 e. The Labute approximate surface area is 134 Å². The first-order chi connectivity index (χ1) is 9.93. The number of piperazine rings is 1. The molecular weight excluding hydrogens is 332 g/mol. The summed E-state index contributed by atoms with van der Waals surface area (Å²) in [5.41, 5.74) is 6.70. The fourth-order valence-corrected chi connectivity index (χ4v) is 3.09. The molecule has 6 heteroatoms. The van der Waals surface area contributed by atoms with Gasteiger partial charge in [0.15, 0.2) is 5.84 Å². The molecule has 116 valence electrons. The molecule has 1 aromatic rings. The first kappa shape index (κ1) is 16.3. The van der Waals surface area contributed by atoms with Crippen LogP contribution in [0.3, 0.4) is 0 Å². The molecule has 0 saturated carbocycles. The fourth-order valence-electron chi connectivity index (χ4n) is 2.64. The van der Waals surface area contributed by atoms with Crippen LogP contribution in [0.4, 0.5) is 0 Å². The Bertz CT molecular complexity index is 510. The van der Waals surface area contributed by atoms with Crippen LogP contribution in [0.15, 0.2) is 33.9 Å². The number of rotatable bonds is 4. The Morgan fingerprint density at radius 2 is 2.00 bits per heavy atom. The maximum absolute atomic E-state index is 8.90. The van der Waals surface area contributed by atoms with Gasteiger partial charge < -0.3 is 10.9 Å². The van der Waals surface area contributed by atoms with Crippen LogP contribution >= 0.6 is 15.9 Å². The maximum Gasteiger partial charge on any atom is 0.159 e. The average molecular weight is 355 g/mol. The zero-order valence-corrected chi connectivity index (χ0v) is 14.2. The highest BCUT2D eigenvalue weighted by Crippen LogP contribution is 2.19. The molecule has 0 spiro atoms. The van der Waals surface area contributed by atoms with E-state index in [1.165, 1.54) is 5.56 Å². The summed E-state index contributed by atoms with van der Waals surface area (Å²) in [7, 11) is 0. The third kappa shape index (κ3) is 3.96. The van der Waals surface area contributed by atoms with Crippen molar-refractivity contribution >= 4 is 21.8 Å². The lowest BCUT2D eigenvalue weighted by atomic mass is 10.00. The second-order valence-corrected chi connectivity index (χ2v) is 6.85. The number of nitrogens with zero attached hydrogens (tertiary/aromatic N) is 3. The minimum absolute atomic E-state index is 0.267. The van der Waals surface area contributed by atoms with Crippen LogP contribution < -0.4 is 5.73 Å². The van der Waals surface area contributed by atoms with E-state index in [9.17, 15) is 0 Å². The van der Waals surface area contributed by atoms with Crippen LogP contribution in [0.5, 0.6) is 0 Å². The van der Waals surface area contributed by atoms with Crippen molar-refractivity contribution in [3.05, 3.63) is 34.3 Å². The molecule has 1 aliphatic rings. The van der Waals surface area contributed by atoms with Crippen LogP contribution in [-0.4, -0.2) is 52.6 Å². The van der Waals surface area contributed by atoms with E-state index >= 15 is 0 Å². The Morgan fingerprint density at radius 1 is 1.33 bits per heavy atom. The number of benzene rings is 1. The second kappa shape index (κ2) is 6.77. The van der Waals surface area contributed by atoms with Crippen molar-refractivity contribution in [1.29, 1.82) is 0 Å². The Balaban J connectivity index is 1.92. The van der Waals surface area contributed by atoms with Crippen molar-refractivity contribution in [1.82, 2.24) is 9.80 Å². The summed E-state index contributed by atoms with van der Waals surface area (Å²) in [6.07, 6.45) is 0. The number of oxime groups is 1. The summed E-state index contributed by atoms with van der Waals surface area (Å²) in [5, 5.41) is 12.1. The Hall–Kier alpha value is -1.11. The molecule has 21 heavy (non-hydrogen) atoms. The summed E-state index contributed by atoms with van der Waals surface area (Å²) in [6.45, 7) is 8.73. The van der Waals surface area contributed by atoms with Gasteiger partial charge in [0.1, 0.15) is 0 Å². The van der Waals surface area contributed by atoms with Crippen molar-refractivity contribution in [2.75, 3.05) is 26.2 Å². The van der Waals surface area contributed by atoms with Gasteiger partial charge in [0, 0.05) is 37.2 Å². The second-order valence-electron chi connectivity index (χ2n) is 5.94. The molecule has 5 nitrogen and oxygen atoms in total. The van der Waals surface area contributed by atoms with Crippen LogP contribution in [0.2, 0.25) is 0 Å². The standard InChI is InChI=1S/C15H23BrN4O/c1-15(2,14(17)18-21)20-8-6-19(7-9-20)11-12-4-3-5-13(16)10-12/h3-5,10,21H,6-9,11H2,1-2H3,(H2,17,18). The molecule has 0 amide bonds. The molecule has 1 heterocycles. The molecule has 0 unspecified atom stereocenters. The molecule has 0 aromatic heterocycles. The van der Waals surface area contributed by atoms with Crippen molar-refractivity contribution in [3.63, 3.8) is 0 Å². The summed E-state index contributed by atoms with van der Waals surface area (Å²) in [5.74, 6) is 0.267. The third-order valence-corrected chi connectivity index (χ3v) is 4.69. The molecule has 1 fully saturated rings. The number of hydrogen-bond acceptors (Lipinski definition) is 4. The monoisotopic (exact) mass is 354 g/mol. The zero-order valence-electron chi connectivity index (χ0n) is 12.6. The van der Waals surface area contributed by atoms with Crippen LogP contribution in [-0.2, 0) is 6.54 Å². The first-order valence-corrected chi connectivity index (χ1v) is 7.92. The smallest absolute Gasteiger partial charge is 0.159 e. The highest BCUT2D eigenvalue weighted by atomic mass is 79.9. The van der Waals surface area contributed by atoms with Crippen molar-refractivity contribution in [2.45, 2.75) is 25.9 Å². The number of amidine groups is 1. The molecule has 2 rings (SSSR count). The van der Waals surface area contributed by atoms with Gasteiger partial charge in [-0.2, -0.15) is 0 Å². The summed E-state index contributed by atoms with van der Waals surface area (Å²) < 4.78 is 1.12. The van der Waals surface area contributed by atoms with Crippen molar-refractivity contribution in [2.24, 2.45) is 10.9 Å². The maximum atomic E-state index is 8.90. The van der Waals surface area contributed by atoms with Gasteiger partial charge in [-0.3, -0.25) is 9.80 Å². The summed E-state index contributed by atoms with van der Waals surface area (Å²) in [6, 6.07) is 8.42. The highest BCUT2D eigenvalue weighted by molar-refractivity contribution is 9.10. The van der Waals surface area contributed by atoms with Gasteiger partial charge in [-0.25, -0.2) is 0 Å². The molecule has 1 aromatic carbocycles. The molecular formula is C15H23BrN4O. The van der Waals surface area contributed by atoms with Gasteiger partial charge >= 0.3 is 0 Å². The van der Waals surface area contributed by atoms with Gasteiger partial charge in [0.05, 0.1) is 5.54 Å². The van der Waals surface area contributed by atoms with E-state index in [0.29, 0.717) is 0 Å². The molecule has 1 aliphatic heterocycles. The highest BCUT2D eigenvalue weighted by Gasteiger charge is 2.33. The van der Waals surface area contributed by atoms with Crippen LogP contribution in [0, 0.1) is 0 Å². The SMILES string of the molecule is CC(C)(C(N)=NO)N1CCN(Cc2cccc(Br)c2)CC1. The third-order valence-electron chi connectivity index (χ3n) is 4.19. The summed E-state index contributed by atoms with van der Waals surface area (Å²) >= 11 is 3.51. The Kier molecular flexibility index (Phi) is 5.24. The molecule has 3 N–H and O–H groups in total. The lowest BCUT2D eigenvalue weighted by Crippen LogP contribution is -2.59.